The zero-order valence-corrected chi connectivity index (χ0v) is 17.8. The molecule has 1 unspecified atom stereocenters. The van der Waals surface area contributed by atoms with Gasteiger partial charge in [0.2, 0.25) is 0 Å². The van der Waals surface area contributed by atoms with Gasteiger partial charge in [-0.25, -0.2) is 0 Å². The Balaban J connectivity index is 1.75. The normalized spacial score (nSPS) is 17.1. The van der Waals surface area contributed by atoms with E-state index in [9.17, 15) is 0 Å². The molecule has 1 atom stereocenters. The molecule has 5 heteroatoms. The van der Waals surface area contributed by atoms with Crippen molar-refractivity contribution in [2.75, 3.05) is 39.8 Å². The average molecular weight is 374 g/mol. The van der Waals surface area contributed by atoms with Crippen molar-refractivity contribution < 1.29 is 0 Å². The summed E-state index contributed by atoms with van der Waals surface area (Å²) in [5, 5.41) is 6.87. The minimum Gasteiger partial charge on any atom is -0.355 e. The maximum absolute atomic E-state index is 4.35. The molecule has 27 heavy (non-hydrogen) atoms. The van der Waals surface area contributed by atoms with Crippen molar-refractivity contribution in [2.45, 2.75) is 59.2 Å². The minimum atomic E-state index is 0.493. The molecule has 152 valence electrons. The van der Waals surface area contributed by atoms with Crippen LogP contribution in [0.2, 0.25) is 0 Å². The second-order valence-electron chi connectivity index (χ2n) is 7.53. The maximum atomic E-state index is 4.35. The SMILES string of the molecule is CCN(CC)C(C)CNC(=NC)NCc1ccc(CN2CCCCC2)cc1. The third kappa shape index (κ3) is 7.51. The van der Waals surface area contributed by atoms with E-state index in [4.69, 9.17) is 0 Å². The lowest BCUT2D eigenvalue weighted by molar-refractivity contribution is 0.221. The predicted octanol–water partition coefficient (Wildman–Crippen LogP) is 3.07. The van der Waals surface area contributed by atoms with Gasteiger partial charge in [0.25, 0.3) is 0 Å². The number of piperidine rings is 1. The van der Waals surface area contributed by atoms with Crippen LogP contribution in [0.5, 0.6) is 0 Å². The zero-order chi connectivity index (χ0) is 19.5. The third-order valence-corrected chi connectivity index (χ3v) is 5.56. The van der Waals surface area contributed by atoms with E-state index in [0.29, 0.717) is 6.04 Å². The van der Waals surface area contributed by atoms with E-state index in [1.165, 1.54) is 43.5 Å². The van der Waals surface area contributed by atoms with Crippen LogP contribution in [-0.4, -0.2) is 61.6 Å². The van der Waals surface area contributed by atoms with Gasteiger partial charge in [-0.2, -0.15) is 0 Å². The van der Waals surface area contributed by atoms with Crippen LogP contribution in [0, 0.1) is 0 Å². The first-order valence-corrected chi connectivity index (χ1v) is 10.6. The van der Waals surface area contributed by atoms with Gasteiger partial charge in [-0.1, -0.05) is 44.5 Å². The molecule has 1 aromatic rings. The van der Waals surface area contributed by atoms with Crippen molar-refractivity contribution in [2.24, 2.45) is 4.99 Å². The second-order valence-corrected chi connectivity index (χ2v) is 7.53. The van der Waals surface area contributed by atoms with Crippen LogP contribution in [0.3, 0.4) is 0 Å². The van der Waals surface area contributed by atoms with Crippen molar-refractivity contribution in [3.05, 3.63) is 35.4 Å². The first-order chi connectivity index (χ1) is 13.2. The van der Waals surface area contributed by atoms with Gasteiger partial charge in [-0.15, -0.1) is 0 Å². The Kier molecular flexibility index (Phi) is 9.64. The highest BCUT2D eigenvalue weighted by Gasteiger charge is 2.11. The summed E-state index contributed by atoms with van der Waals surface area (Å²) >= 11 is 0. The predicted molar refractivity (Wildman–Crippen MR) is 116 cm³/mol. The van der Waals surface area contributed by atoms with Crippen LogP contribution < -0.4 is 10.6 Å². The number of benzene rings is 1. The van der Waals surface area contributed by atoms with E-state index in [-0.39, 0.29) is 0 Å². The molecule has 2 rings (SSSR count). The highest BCUT2D eigenvalue weighted by atomic mass is 15.2. The van der Waals surface area contributed by atoms with Crippen LogP contribution in [0.25, 0.3) is 0 Å². The summed E-state index contributed by atoms with van der Waals surface area (Å²) in [6.45, 7) is 14.1. The minimum absolute atomic E-state index is 0.493. The van der Waals surface area contributed by atoms with Crippen molar-refractivity contribution in [3.63, 3.8) is 0 Å². The molecule has 0 aromatic heterocycles. The van der Waals surface area contributed by atoms with Crippen LogP contribution >= 0.6 is 0 Å². The van der Waals surface area contributed by atoms with Crippen molar-refractivity contribution in [3.8, 4) is 0 Å². The molecule has 0 aliphatic carbocycles. The zero-order valence-electron chi connectivity index (χ0n) is 17.8. The lowest BCUT2D eigenvalue weighted by Crippen LogP contribution is -2.45. The molecule has 0 radical (unpaired) electrons. The molecule has 2 N–H and O–H groups in total. The second kappa shape index (κ2) is 12.0. The van der Waals surface area contributed by atoms with Crippen molar-refractivity contribution in [1.29, 1.82) is 0 Å². The molecule has 1 aliphatic rings. The molecule has 1 fully saturated rings. The highest BCUT2D eigenvalue weighted by molar-refractivity contribution is 5.79. The molecule has 0 bridgehead atoms. The maximum Gasteiger partial charge on any atom is 0.191 e. The van der Waals surface area contributed by atoms with Crippen LogP contribution in [0.15, 0.2) is 29.3 Å². The summed E-state index contributed by atoms with van der Waals surface area (Å²) < 4.78 is 0. The number of nitrogens with zero attached hydrogens (tertiary/aromatic N) is 3. The van der Waals surface area contributed by atoms with E-state index in [2.05, 4.69) is 70.5 Å². The summed E-state index contributed by atoms with van der Waals surface area (Å²) in [6.07, 6.45) is 4.09. The Morgan fingerprint density at radius 3 is 2.26 bits per heavy atom. The first-order valence-electron chi connectivity index (χ1n) is 10.6. The summed E-state index contributed by atoms with van der Waals surface area (Å²) in [5.74, 6) is 0.867. The Bertz CT molecular complexity index is 544. The third-order valence-electron chi connectivity index (χ3n) is 5.56. The van der Waals surface area contributed by atoms with E-state index < -0.39 is 0 Å². The van der Waals surface area contributed by atoms with E-state index >= 15 is 0 Å². The van der Waals surface area contributed by atoms with Gasteiger partial charge in [-0.3, -0.25) is 14.8 Å². The standard InChI is InChI=1S/C22H39N5/c1-5-27(6-2)19(3)16-24-22(23-4)25-17-20-10-12-21(13-11-20)18-26-14-8-7-9-15-26/h10-13,19H,5-9,14-18H2,1-4H3,(H2,23,24,25). The number of likely N-dealkylation sites (N-methyl/N-ethyl adjacent to an activating group) is 1. The van der Waals surface area contributed by atoms with Gasteiger partial charge in [0.05, 0.1) is 0 Å². The molecule has 0 spiro atoms. The summed E-state index contributed by atoms with van der Waals surface area (Å²) in [5.41, 5.74) is 2.70. The Morgan fingerprint density at radius 2 is 1.67 bits per heavy atom. The largest absolute Gasteiger partial charge is 0.355 e. The average Bonchev–Trinajstić information content (AvgIpc) is 2.71. The summed E-state index contributed by atoms with van der Waals surface area (Å²) in [6, 6.07) is 9.50. The van der Waals surface area contributed by atoms with Crippen LogP contribution in [0.1, 0.15) is 51.2 Å². The number of nitrogens with one attached hydrogen (secondary N) is 2. The van der Waals surface area contributed by atoms with E-state index in [0.717, 1.165) is 38.7 Å². The molecule has 1 heterocycles. The summed E-state index contributed by atoms with van der Waals surface area (Å²) in [4.78, 5) is 9.37. The quantitative estimate of drug-likeness (QED) is 0.516. The number of aliphatic imine (C=N–C) groups is 1. The van der Waals surface area contributed by atoms with Gasteiger partial charge in [0.1, 0.15) is 0 Å². The molecule has 5 nitrogen and oxygen atoms in total. The van der Waals surface area contributed by atoms with Crippen LogP contribution in [-0.2, 0) is 13.1 Å². The Hall–Kier alpha value is -1.59. The van der Waals surface area contributed by atoms with Crippen LogP contribution in [0.4, 0.5) is 0 Å². The van der Waals surface area contributed by atoms with Crippen molar-refractivity contribution in [1.82, 2.24) is 20.4 Å². The fourth-order valence-corrected chi connectivity index (χ4v) is 3.77. The van der Waals surface area contributed by atoms with Gasteiger partial charge in [0.15, 0.2) is 5.96 Å². The molecular formula is C22H39N5. The number of rotatable bonds is 9. The Morgan fingerprint density at radius 1 is 1.04 bits per heavy atom. The van der Waals surface area contributed by atoms with Gasteiger partial charge >= 0.3 is 0 Å². The fourth-order valence-electron chi connectivity index (χ4n) is 3.77. The molecule has 0 amide bonds. The molecular weight excluding hydrogens is 334 g/mol. The monoisotopic (exact) mass is 373 g/mol. The molecule has 1 aromatic carbocycles. The molecule has 1 aliphatic heterocycles. The molecule has 0 saturated carbocycles. The Labute approximate surface area is 166 Å². The van der Waals surface area contributed by atoms with Gasteiger partial charge in [0, 0.05) is 32.7 Å². The van der Waals surface area contributed by atoms with E-state index in [1.807, 2.05) is 7.05 Å². The first kappa shape index (κ1) is 21.7. The lowest BCUT2D eigenvalue weighted by atomic mass is 10.1. The van der Waals surface area contributed by atoms with Gasteiger partial charge < -0.3 is 10.6 Å². The summed E-state index contributed by atoms with van der Waals surface area (Å²) in [7, 11) is 1.83. The van der Waals surface area contributed by atoms with E-state index in [1.54, 1.807) is 0 Å². The number of hydrogen-bond donors (Lipinski definition) is 2. The number of hydrogen-bond acceptors (Lipinski definition) is 3. The smallest absolute Gasteiger partial charge is 0.191 e. The topological polar surface area (TPSA) is 42.9 Å². The highest BCUT2D eigenvalue weighted by Crippen LogP contribution is 2.13. The van der Waals surface area contributed by atoms with Crippen molar-refractivity contribution >= 4 is 5.96 Å². The lowest BCUT2D eigenvalue weighted by Gasteiger charge is -2.27. The molecule has 1 saturated heterocycles. The van der Waals surface area contributed by atoms with Gasteiger partial charge in [-0.05, 0) is 57.1 Å². The number of guanidine groups is 1. The fraction of sp³-hybridized carbons (Fsp3) is 0.682. The number of likely N-dealkylation sites (tertiary alicyclic amines) is 1.